The molecule has 3 nitrogen and oxygen atoms in total. The average molecular weight is 310 g/mol. The van der Waals surface area contributed by atoms with Crippen LogP contribution in [0.25, 0.3) is 0 Å². The van der Waals surface area contributed by atoms with Crippen LogP contribution >= 0.6 is 11.6 Å². The summed E-state index contributed by atoms with van der Waals surface area (Å²) in [5.74, 6) is 0.822. The quantitative estimate of drug-likeness (QED) is 0.915. The Morgan fingerprint density at radius 3 is 2.52 bits per heavy atom. The van der Waals surface area contributed by atoms with E-state index in [1.54, 1.807) is 26.4 Å². The summed E-state index contributed by atoms with van der Waals surface area (Å²) in [6.45, 7) is 0. The number of hydrogen-bond acceptors (Lipinski definition) is 3. The van der Waals surface area contributed by atoms with Gasteiger partial charge in [0.05, 0.1) is 19.2 Å². The van der Waals surface area contributed by atoms with E-state index < -0.39 is 11.9 Å². The average Bonchev–Trinajstić information content (AvgIpc) is 2.49. The van der Waals surface area contributed by atoms with Gasteiger partial charge in [-0.25, -0.2) is 4.39 Å². The van der Waals surface area contributed by atoms with Crippen LogP contribution in [0.5, 0.6) is 11.5 Å². The molecule has 0 amide bonds. The van der Waals surface area contributed by atoms with Gasteiger partial charge in [0.15, 0.2) is 11.5 Å². The fraction of sp³-hybridized carbons (Fsp3) is 0.250. The van der Waals surface area contributed by atoms with Gasteiger partial charge in [0, 0.05) is 6.04 Å². The smallest absolute Gasteiger partial charge is 0.160 e. The number of halogens is 2. The minimum absolute atomic E-state index is 0.0745. The summed E-state index contributed by atoms with van der Waals surface area (Å²) in [4.78, 5) is 0. The van der Waals surface area contributed by atoms with Gasteiger partial charge in [0.25, 0.3) is 0 Å². The molecule has 21 heavy (non-hydrogen) atoms. The minimum atomic E-state index is -0.461. The lowest BCUT2D eigenvalue weighted by Gasteiger charge is -2.15. The van der Waals surface area contributed by atoms with Crippen LogP contribution < -0.4 is 15.2 Å². The molecule has 2 N–H and O–H groups in total. The third-order valence-corrected chi connectivity index (χ3v) is 3.68. The largest absolute Gasteiger partial charge is 0.493 e. The summed E-state index contributed by atoms with van der Waals surface area (Å²) in [7, 11) is 3.15. The Morgan fingerprint density at radius 1 is 1.14 bits per heavy atom. The van der Waals surface area contributed by atoms with Crippen LogP contribution in [0.2, 0.25) is 5.02 Å². The topological polar surface area (TPSA) is 44.5 Å². The van der Waals surface area contributed by atoms with Crippen LogP contribution in [0.1, 0.15) is 17.2 Å². The lowest BCUT2D eigenvalue weighted by atomic mass is 9.99. The summed E-state index contributed by atoms with van der Waals surface area (Å²) in [6.07, 6.45) is 0.517. The summed E-state index contributed by atoms with van der Waals surface area (Å²) in [5.41, 5.74) is 7.68. The molecule has 0 spiro atoms. The number of rotatable bonds is 5. The summed E-state index contributed by atoms with van der Waals surface area (Å²) >= 11 is 5.96. The van der Waals surface area contributed by atoms with Gasteiger partial charge in [0.1, 0.15) is 5.82 Å². The normalized spacial score (nSPS) is 12.0. The maximum atomic E-state index is 13.5. The fourth-order valence-corrected chi connectivity index (χ4v) is 2.44. The molecule has 1 atom stereocenters. The first kappa shape index (κ1) is 15.6. The summed E-state index contributed by atoms with van der Waals surface area (Å²) in [5, 5.41) is 0.0745. The SMILES string of the molecule is COc1ccc(CC(N)c2cccc(F)c2Cl)cc1OC. The standard InChI is InChI=1S/C16H17ClFNO2/c1-20-14-7-6-10(9-15(14)21-2)8-13(19)11-4-3-5-12(18)16(11)17/h3-7,9,13H,8,19H2,1-2H3. The van der Waals surface area contributed by atoms with Crippen molar-refractivity contribution in [2.45, 2.75) is 12.5 Å². The third-order valence-electron chi connectivity index (χ3n) is 3.28. The van der Waals surface area contributed by atoms with Crippen LogP contribution in [0, 0.1) is 5.82 Å². The maximum Gasteiger partial charge on any atom is 0.160 e. The molecular formula is C16H17ClFNO2. The molecule has 0 heterocycles. The zero-order chi connectivity index (χ0) is 15.4. The van der Waals surface area contributed by atoms with Crippen molar-refractivity contribution in [2.24, 2.45) is 5.73 Å². The molecule has 2 rings (SSSR count). The lowest BCUT2D eigenvalue weighted by Crippen LogP contribution is -2.14. The molecule has 0 saturated carbocycles. The van der Waals surface area contributed by atoms with E-state index in [-0.39, 0.29) is 5.02 Å². The highest BCUT2D eigenvalue weighted by Gasteiger charge is 2.15. The van der Waals surface area contributed by atoms with E-state index in [0.29, 0.717) is 23.5 Å². The third kappa shape index (κ3) is 3.46. The monoisotopic (exact) mass is 309 g/mol. The zero-order valence-corrected chi connectivity index (χ0v) is 12.7. The van der Waals surface area contributed by atoms with E-state index in [1.165, 1.54) is 6.07 Å². The van der Waals surface area contributed by atoms with Gasteiger partial charge < -0.3 is 15.2 Å². The van der Waals surface area contributed by atoms with Crippen LogP contribution in [-0.4, -0.2) is 14.2 Å². The second kappa shape index (κ2) is 6.78. The highest BCUT2D eigenvalue weighted by Crippen LogP contribution is 2.31. The summed E-state index contributed by atoms with van der Waals surface area (Å²) < 4.78 is 23.9. The summed E-state index contributed by atoms with van der Waals surface area (Å²) in [6, 6.07) is 9.82. The molecule has 2 aromatic carbocycles. The zero-order valence-electron chi connectivity index (χ0n) is 11.9. The molecule has 0 bridgehead atoms. The van der Waals surface area contributed by atoms with E-state index in [4.69, 9.17) is 26.8 Å². The Morgan fingerprint density at radius 2 is 1.86 bits per heavy atom. The fourth-order valence-electron chi connectivity index (χ4n) is 2.18. The Balaban J connectivity index is 2.23. The Hall–Kier alpha value is -1.78. The molecule has 0 aromatic heterocycles. The molecule has 1 unspecified atom stereocenters. The molecule has 2 aromatic rings. The number of ether oxygens (including phenoxy) is 2. The predicted molar refractivity (Wildman–Crippen MR) is 81.6 cm³/mol. The molecule has 112 valence electrons. The van der Waals surface area contributed by atoms with Gasteiger partial charge >= 0.3 is 0 Å². The molecule has 0 saturated heterocycles. The molecule has 5 heteroatoms. The minimum Gasteiger partial charge on any atom is -0.493 e. The van der Waals surface area contributed by atoms with Crippen molar-refractivity contribution in [1.82, 2.24) is 0 Å². The Bertz CT molecular complexity index is 634. The van der Waals surface area contributed by atoms with Crippen molar-refractivity contribution in [3.05, 3.63) is 58.4 Å². The first-order valence-corrected chi connectivity index (χ1v) is 6.85. The van der Waals surface area contributed by atoms with Crippen LogP contribution in [0.15, 0.2) is 36.4 Å². The van der Waals surface area contributed by atoms with Crippen molar-refractivity contribution in [3.8, 4) is 11.5 Å². The molecule has 0 aliphatic carbocycles. The van der Waals surface area contributed by atoms with Crippen LogP contribution in [0.4, 0.5) is 4.39 Å². The van der Waals surface area contributed by atoms with Gasteiger partial charge in [-0.05, 0) is 35.7 Å². The lowest BCUT2D eigenvalue weighted by molar-refractivity contribution is 0.354. The van der Waals surface area contributed by atoms with Crippen LogP contribution in [0.3, 0.4) is 0 Å². The second-order valence-corrected chi connectivity index (χ2v) is 5.02. The van der Waals surface area contributed by atoms with Gasteiger partial charge in [-0.3, -0.25) is 0 Å². The van der Waals surface area contributed by atoms with Crippen molar-refractivity contribution in [2.75, 3.05) is 14.2 Å². The molecule has 0 aliphatic heterocycles. The van der Waals surface area contributed by atoms with E-state index >= 15 is 0 Å². The van der Waals surface area contributed by atoms with Crippen LogP contribution in [-0.2, 0) is 6.42 Å². The van der Waals surface area contributed by atoms with Gasteiger partial charge in [0.2, 0.25) is 0 Å². The highest BCUT2D eigenvalue weighted by molar-refractivity contribution is 6.31. The van der Waals surface area contributed by atoms with Gasteiger partial charge in [-0.1, -0.05) is 29.8 Å². The van der Waals surface area contributed by atoms with E-state index in [9.17, 15) is 4.39 Å². The first-order valence-electron chi connectivity index (χ1n) is 6.47. The number of hydrogen-bond donors (Lipinski definition) is 1. The molecule has 0 fully saturated rings. The Labute approximate surface area is 128 Å². The van der Waals surface area contributed by atoms with Crippen molar-refractivity contribution < 1.29 is 13.9 Å². The molecule has 0 aliphatic rings. The van der Waals surface area contributed by atoms with Crippen molar-refractivity contribution in [1.29, 1.82) is 0 Å². The highest BCUT2D eigenvalue weighted by atomic mass is 35.5. The van der Waals surface area contributed by atoms with Gasteiger partial charge in [-0.2, -0.15) is 0 Å². The van der Waals surface area contributed by atoms with E-state index in [1.807, 2.05) is 18.2 Å². The first-order chi connectivity index (χ1) is 10.1. The molecular weight excluding hydrogens is 293 g/mol. The number of methoxy groups -OCH3 is 2. The Kier molecular flexibility index (Phi) is 5.04. The number of benzene rings is 2. The van der Waals surface area contributed by atoms with Crippen molar-refractivity contribution in [3.63, 3.8) is 0 Å². The van der Waals surface area contributed by atoms with Crippen molar-refractivity contribution >= 4 is 11.6 Å². The second-order valence-electron chi connectivity index (χ2n) is 4.64. The predicted octanol–water partition coefficient (Wildman–Crippen LogP) is 3.74. The number of nitrogens with two attached hydrogens (primary N) is 1. The van der Waals surface area contributed by atoms with Gasteiger partial charge in [-0.15, -0.1) is 0 Å². The van der Waals surface area contributed by atoms with E-state index in [2.05, 4.69) is 0 Å². The van der Waals surface area contributed by atoms with E-state index in [0.717, 1.165) is 5.56 Å². The molecule has 0 radical (unpaired) electrons. The maximum absolute atomic E-state index is 13.5.